The number of aromatic nitrogens is 2. The molecule has 0 aliphatic carbocycles. The summed E-state index contributed by atoms with van der Waals surface area (Å²) in [4.78, 5) is 8.09. The van der Waals surface area contributed by atoms with Gasteiger partial charge >= 0.3 is 0 Å². The molecule has 3 aromatic rings. The van der Waals surface area contributed by atoms with E-state index in [0.29, 0.717) is 6.42 Å². The van der Waals surface area contributed by atoms with Crippen LogP contribution in [0.3, 0.4) is 0 Å². The van der Waals surface area contributed by atoms with Crippen LogP contribution in [-0.2, 0) is 16.4 Å². The lowest BCUT2D eigenvalue weighted by Gasteiger charge is -2.27. The first-order valence-electron chi connectivity index (χ1n) is 11.7. The van der Waals surface area contributed by atoms with Crippen LogP contribution in [0.25, 0.3) is 33.3 Å². The molecule has 0 saturated heterocycles. The molecule has 0 bridgehead atoms. The molecule has 0 aromatic heterocycles. The Kier molecular flexibility index (Phi) is 5.64. The van der Waals surface area contributed by atoms with Crippen LogP contribution < -0.4 is 4.83 Å². The van der Waals surface area contributed by atoms with Crippen LogP contribution in [0.15, 0.2) is 90.0 Å². The summed E-state index contributed by atoms with van der Waals surface area (Å²) < 4.78 is 28.6. The quantitative estimate of drug-likeness (QED) is 0.305. The molecule has 0 saturated carbocycles. The van der Waals surface area contributed by atoms with E-state index in [4.69, 9.17) is 4.98 Å². The highest BCUT2D eigenvalue weighted by Gasteiger charge is 2.27. The number of hydrogen-bond acceptors (Lipinski definition) is 3. The summed E-state index contributed by atoms with van der Waals surface area (Å²) in [6.07, 6.45) is 2.52. The van der Waals surface area contributed by atoms with E-state index in [1.807, 2.05) is 67.7 Å². The number of hydrogen-bond donors (Lipinski definition) is 1. The van der Waals surface area contributed by atoms with Crippen LogP contribution in [0.5, 0.6) is 0 Å². The third kappa shape index (κ3) is 4.54. The molecule has 0 amide bonds. The van der Waals surface area contributed by atoms with Gasteiger partial charge in [0.25, 0.3) is 10.0 Å². The molecule has 178 valence electrons. The third-order valence-electron chi connectivity index (χ3n) is 6.07. The number of para-hydroxylation sites is 1. The number of aryl methyl sites for hydroxylation is 1. The zero-order valence-electron chi connectivity index (χ0n) is 20.4. The number of sulfonamides is 1. The van der Waals surface area contributed by atoms with Gasteiger partial charge in [-0.1, -0.05) is 87.0 Å². The van der Waals surface area contributed by atoms with Crippen molar-refractivity contribution in [3.05, 3.63) is 96.3 Å². The lowest BCUT2D eigenvalue weighted by Crippen LogP contribution is -2.28. The van der Waals surface area contributed by atoms with Gasteiger partial charge < -0.3 is 0 Å². The Morgan fingerprint density at radius 2 is 1.54 bits per heavy atom. The van der Waals surface area contributed by atoms with Crippen molar-refractivity contribution in [3.63, 3.8) is 0 Å². The van der Waals surface area contributed by atoms with Crippen LogP contribution in [0.1, 0.15) is 32.0 Å². The van der Waals surface area contributed by atoms with Crippen LogP contribution >= 0.6 is 0 Å². The van der Waals surface area contributed by atoms with Crippen molar-refractivity contribution in [1.29, 1.82) is 0 Å². The Morgan fingerprint density at radius 3 is 2.23 bits per heavy atom. The second-order valence-corrected chi connectivity index (χ2v) is 11.9. The zero-order chi connectivity index (χ0) is 24.8. The predicted octanol–water partition coefficient (Wildman–Crippen LogP) is 6.64. The second kappa shape index (κ2) is 8.54. The maximum absolute atomic E-state index is 13.5. The first kappa shape index (κ1) is 23.1. The summed E-state index contributed by atoms with van der Waals surface area (Å²) in [7, 11) is -3.82. The molecule has 3 aromatic carbocycles. The van der Waals surface area contributed by atoms with Crippen molar-refractivity contribution in [2.24, 2.45) is 5.41 Å². The molecule has 2 heterocycles. The average Bonchev–Trinajstić information content (AvgIpc) is 3.17. The molecule has 0 atom stereocenters. The Hall–Kier alpha value is -3.64. The van der Waals surface area contributed by atoms with E-state index >= 15 is 0 Å². The number of fused-ring (bicyclic) bond motifs is 3. The van der Waals surface area contributed by atoms with E-state index in [1.54, 1.807) is 16.8 Å². The van der Waals surface area contributed by atoms with E-state index in [0.717, 1.165) is 44.5 Å². The van der Waals surface area contributed by atoms with Gasteiger partial charge in [0.05, 0.1) is 21.8 Å². The van der Waals surface area contributed by atoms with Crippen molar-refractivity contribution >= 4 is 20.9 Å². The van der Waals surface area contributed by atoms with E-state index in [-0.39, 0.29) is 10.3 Å². The Morgan fingerprint density at radius 1 is 0.886 bits per heavy atom. The summed E-state index contributed by atoms with van der Waals surface area (Å²) in [5, 5.41) is 0.991. The van der Waals surface area contributed by atoms with Gasteiger partial charge in [-0.05, 0) is 42.5 Å². The summed E-state index contributed by atoms with van der Waals surface area (Å²) >= 11 is 0. The van der Waals surface area contributed by atoms with Crippen molar-refractivity contribution in [2.45, 2.75) is 39.0 Å². The van der Waals surface area contributed by atoms with Crippen molar-refractivity contribution < 1.29 is 8.42 Å². The number of nitrogens with one attached hydrogen (secondary N) is 1. The third-order valence-corrected chi connectivity index (χ3v) is 7.40. The molecule has 5 nitrogen and oxygen atoms in total. The van der Waals surface area contributed by atoms with Gasteiger partial charge in [0.15, 0.2) is 0 Å². The normalized spacial score (nSPS) is 12.3. The maximum Gasteiger partial charge on any atom is 0.275 e. The highest BCUT2D eigenvalue weighted by molar-refractivity contribution is 7.92. The largest absolute Gasteiger partial charge is 0.275 e. The first-order chi connectivity index (χ1) is 16.6. The van der Waals surface area contributed by atoms with Gasteiger partial charge in [0, 0.05) is 22.7 Å². The summed E-state index contributed by atoms with van der Waals surface area (Å²) in [6.45, 7) is 8.40. The van der Waals surface area contributed by atoms with Crippen molar-refractivity contribution in [2.75, 3.05) is 4.83 Å². The minimum Gasteiger partial charge on any atom is -0.257 e. The fraction of sp³-hybridized carbons (Fsp3) is 0.207. The molecule has 0 fully saturated rings. The summed E-state index contributed by atoms with van der Waals surface area (Å²) in [6, 6.07) is 25.0. The molecular formula is C29H29N3O2S. The zero-order valence-corrected chi connectivity index (χ0v) is 21.2. The number of rotatable bonds is 5. The summed E-state index contributed by atoms with van der Waals surface area (Å²) in [5.41, 5.74) is 6.40. The van der Waals surface area contributed by atoms with E-state index < -0.39 is 10.0 Å². The van der Waals surface area contributed by atoms with Gasteiger partial charge in [0.1, 0.15) is 0 Å². The molecule has 2 aliphatic heterocycles. The monoisotopic (exact) mass is 483 g/mol. The molecule has 2 aliphatic rings. The standard InChI is InChI=1S/C29H29N3O2S/c1-20-14-16-22(17-15-20)35(33,34)31-32-19-24-23-12-8-9-13-25(23)30-28(24)27(21-10-6-5-7-11-21)26(32)18-29(2,3)4/h5-17,19,31H,18H2,1-4H3. The smallest absolute Gasteiger partial charge is 0.257 e. The van der Waals surface area contributed by atoms with Gasteiger partial charge in [-0.15, -0.1) is 0 Å². The van der Waals surface area contributed by atoms with Gasteiger partial charge in [-0.25, -0.2) is 9.82 Å². The average molecular weight is 484 g/mol. The van der Waals surface area contributed by atoms with Gasteiger partial charge in [0.2, 0.25) is 0 Å². The van der Waals surface area contributed by atoms with Gasteiger partial charge in [-0.2, -0.15) is 8.42 Å². The number of benzene rings is 3. The predicted molar refractivity (Wildman–Crippen MR) is 143 cm³/mol. The molecule has 6 heteroatoms. The van der Waals surface area contributed by atoms with Crippen LogP contribution in [0.2, 0.25) is 0 Å². The first-order valence-corrected chi connectivity index (χ1v) is 13.2. The molecular weight excluding hydrogens is 454 g/mol. The molecule has 35 heavy (non-hydrogen) atoms. The second-order valence-electron chi connectivity index (χ2n) is 10.2. The number of nitrogens with zero attached hydrogens (tertiary/aromatic N) is 2. The van der Waals surface area contributed by atoms with Crippen LogP contribution in [0.4, 0.5) is 0 Å². The topological polar surface area (TPSA) is 64.0 Å². The molecule has 5 rings (SSSR count). The number of pyridine rings is 1. The van der Waals surface area contributed by atoms with E-state index in [2.05, 4.69) is 37.7 Å². The van der Waals surface area contributed by atoms with Crippen molar-refractivity contribution in [1.82, 2.24) is 9.66 Å². The van der Waals surface area contributed by atoms with Crippen LogP contribution in [-0.4, -0.2) is 18.1 Å². The SMILES string of the molecule is Cc1ccc(S(=O)(=O)Nn2cc3c4ccccc4nc-3c(-c3ccccc3)c2CC(C)(C)C)cc1. The van der Waals surface area contributed by atoms with E-state index in [9.17, 15) is 8.42 Å². The Bertz CT molecular complexity index is 1580. The minimum atomic E-state index is -3.82. The van der Waals surface area contributed by atoms with Gasteiger partial charge in [-0.3, -0.25) is 4.68 Å². The highest BCUT2D eigenvalue weighted by atomic mass is 32.2. The van der Waals surface area contributed by atoms with E-state index in [1.165, 1.54) is 0 Å². The molecule has 0 spiro atoms. The highest BCUT2D eigenvalue weighted by Crippen LogP contribution is 2.42. The molecule has 0 unspecified atom stereocenters. The minimum absolute atomic E-state index is 0.0970. The summed E-state index contributed by atoms with van der Waals surface area (Å²) in [5.74, 6) is 0. The van der Waals surface area contributed by atoms with Crippen LogP contribution in [0, 0.1) is 12.3 Å². The maximum atomic E-state index is 13.5. The Labute approximate surface area is 206 Å². The fourth-order valence-electron chi connectivity index (χ4n) is 4.46. The lowest BCUT2D eigenvalue weighted by molar-refractivity contribution is 0.402. The Balaban J connectivity index is 1.82. The molecule has 0 radical (unpaired) electrons. The van der Waals surface area contributed by atoms with Crippen molar-refractivity contribution in [3.8, 4) is 22.4 Å². The fourth-order valence-corrected chi connectivity index (χ4v) is 5.48. The molecule has 1 N–H and O–H groups in total. The lowest BCUT2D eigenvalue weighted by atomic mass is 9.86.